The van der Waals surface area contributed by atoms with Gasteiger partial charge in [0.2, 0.25) is 5.91 Å². The number of carbonyl (C=O) groups is 1. The lowest BCUT2D eigenvalue weighted by Crippen LogP contribution is -2.62. The fraction of sp³-hybridized carbons (Fsp3) is 0.872. The van der Waals surface area contributed by atoms with Gasteiger partial charge in [-0.1, -0.05) is 27.2 Å². The number of amides is 1. The van der Waals surface area contributed by atoms with Gasteiger partial charge in [-0.25, -0.2) is 0 Å². The molecule has 11 atom stereocenters. The van der Waals surface area contributed by atoms with E-state index in [9.17, 15) is 9.90 Å². The van der Waals surface area contributed by atoms with Crippen molar-refractivity contribution >= 4 is 5.91 Å². The third-order valence-corrected chi connectivity index (χ3v) is 16.1. The second-order valence-corrected chi connectivity index (χ2v) is 17.6. The van der Waals surface area contributed by atoms with Gasteiger partial charge in [0, 0.05) is 37.6 Å². The third kappa shape index (κ3) is 4.47. The summed E-state index contributed by atoms with van der Waals surface area (Å²) in [4.78, 5) is 20.0. The first-order chi connectivity index (χ1) is 21.2. The fourth-order valence-corrected chi connectivity index (χ4v) is 13.8. The predicted octanol–water partition coefficient (Wildman–Crippen LogP) is 7.51. The van der Waals surface area contributed by atoms with Gasteiger partial charge in [-0.3, -0.25) is 9.69 Å². The summed E-state index contributed by atoms with van der Waals surface area (Å²) in [7, 11) is 0. The Morgan fingerprint density at radius 2 is 1.50 bits per heavy atom. The molecule has 8 rings (SSSR count). The molecule has 5 saturated carbocycles. The summed E-state index contributed by atoms with van der Waals surface area (Å²) in [6, 6.07) is 4.89. The van der Waals surface area contributed by atoms with E-state index in [2.05, 4.69) is 53.5 Å². The topological polar surface area (TPSA) is 48.7 Å². The van der Waals surface area contributed by atoms with Crippen molar-refractivity contribution in [2.24, 2.45) is 51.8 Å². The summed E-state index contributed by atoms with van der Waals surface area (Å²) in [5.41, 5.74) is 2.11. The molecule has 10 unspecified atom stereocenters. The van der Waals surface area contributed by atoms with E-state index < -0.39 is 0 Å². The maximum Gasteiger partial charge on any atom is 0.229 e. The summed E-state index contributed by atoms with van der Waals surface area (Å²) in [5, 5.41) is 10.8. The number of aliphatic hydroxyl groups is 1. The molecule has 1 N–H and O–H groups in total. The maximum atomic E-state index is 15.0. The first kappa shape index (κ1) is 30.0. The van der Waals surface area contributed by atoms with Crippen LogP contribution < -0.4 is 0 Å². The number of aromatic nitrogens is 1. The summed E-state index contributed by atoms with van der Waals surface area (Å²) in [6.45, 7) is 13.1. The Hall–Kier alpha value is -1.33. The Kier molecular flexibility index (Phi) is 7.60. The van der Waals surface area contributed by atoms with Crippen LogP contribution in [0.3, 0.4) is 0 Å². The van der Waals surface area contributed by atoms with Crippen LogP contribution in [0.25, 0.3) is 0 Å². The summed E-state index contributed by atoms with van der Waals surface area (Å²) in [5.74, 6) is 4.61. The van der Waals surface area contributed by atoms with E-state index in [-0.39, 0.29) is 11.5 Å². The Bertz CT molecular complexity index is 1220. The Labute approximate surface area is 267 Å². The standard InChI is InChI=1S/C39H61N3O2/c1-27-30-12-13-32-31(37(30,2)18-16-35(27)43)14-15-33-34-11-6-17-39(34,20-19-38(32,33)3)36(44)42-24-8-10-29(42)26-41-23-7-9-28(41)25-40-21-4-5-22-40/h7,9,23,27,29-35,43H,4-6,8,10-22,24-26H2,1-3H3/t27?,29?,30?,31?,32?,33?,34?,35?,37?,38-,39?/m0/s1. The zero-order chi connectivity index (χ0) is 30.3. The van der Waals surface area contributed by atoms with Crippen LogP contribution in [0.15, 0.2) is 18.3 Å². The highest BCUT2D eigenvalue weighted by Gasteiger charge is 2.66. The van der Waals surface area contributed by atoms with Gasteiger partial charge in [-0.2, -0.15) is 0 Å². The van der Waals surface area contributed by atoms with Crippen molar-refractivity contribution in [2.45, 2.75) is 142 Å². The van der Waals surface area contributed by atoms with Crippen molar-refractivity contribution < 1.29 is 9.90 Å². The number of hydrogen-bond donors (Lipinski definition) is 1. The second kappa shape index (κ2) is 11.1. The van der Waals surface area contributed by atoms with E-state index in [1.54, 1.807) is 0 Å². The van der Waals surface area contributed by atoms with Crippen LogP contribution in [0.1, 0.15) is 123 Å². The predicted molar refractivity (Wildman–Crippen MR) is 176 cm³/mol. The molecule has 0 spiro atoms. The molecule has 0 radical (unpaired) electrons. The quantitative estimate of drug-likeness (QED) is 0.379. The van der Waals surface area contributed by atoms with Gasteiger partial charge in [0.05, 0.1) is 11.5 Å². The van der Waals surface area contributed by atoms with Crippen molar-refractivity contribution in [3.05, 3.63) is 24.0 Å². The average molecular weight is 604 g/mol. The SMILES string of the molecule is CC1C(O)CCC2(C)C1CCC1C2CCC2C3CCCC3(C(=O)N3CCCC3Cn3cccc3CN3CCCC3)CC[C@]21C. The number of nitrogens with zero attached hydrogens (tertiary/aromatic N) is 3. The van der Waals surface area contributed by atoms with Gasteiger partial charge in [-0.05, 0) is 161 Å². The van der Waals surface area contributed by atoms with E-state index in [0.29, 0.717) is 46.5 Å². The zero-order valence-electron chi connectivity index (χ0n) is 28.2. The Balaban J connectivity index is 1.01. The zero-order valence-corrected chi connectivity index (χ0v) is 28.2. The molecule has 7 aliphatic rings. The molecule has 0 bridgehead atoms. The van der Waals surface area contributed by atoms with Crippen LogP contribution >= 0.6 is 0 Å². The number of rotatable bonds is 5. The van der Waals surface area contributed by atoms with Crippen molar-refractivity contribution in [1.29, 1.82) is 0 Å². The van der Waals surface area contributed by atoms with Gasteiger partial charge in [-0.15, -0.1) is 0 Å². The fourth-order valence-electron chi connectivity index (χ4n) is 13.8. The van der Waals surface area contributed by atoms with Crippen LogP contribution in [0.2, 0.25) is 0 Å². The highest BCUT2D eigenvalue weighted by molar-refractivity contribution is 5.84. The van der Waals surface area contributed by atoms with E-state index >= 15 is 0 Å². The van der Waals surface area contributed by atoms with Gasteiger partial charge in [0.1, 0.15) is 0 Å². The molecule has 1 amide bonds. The average Bonchev–Trinajstić information content (AvgIpc) is 3.84. The van der Waals surface area contributed by atoms with E-state index in [4.69, 9.17) is 0 Å². The molecule has 0 aromatic carbocycles. The molecular weight excluding hydrogens is 542 g/mol. The molecule has 5 aliphatic carbocycles. The van der Waals surface area contributed by atoms with Crippen LogP contribution in [-0.2, 0) is 17.9 Å². The third-order valence-electron chi connectivity index (χ3n) is 16.1. The van der Waals surface area contributed by atoms with Crippen LogP contribution in [0.4, 0.5) is 0 Å². The number of carbonyl (C=O) groups excluding carboxylic acids is 1. The molecule has 5 heteroatoms. The molecule has 1 aromatic rings. The van der Waals surface area contributed by atoms with Gasteiger partial charge in [0.15, 0.2) is 0 Å². The first-order valence-corrected chi connectivity index (χ1v) is 19.1. The van der Waals surface area contributed by atoms with E-state index in [0.717, 1.165) is 63.6 Å². The monoisotopic (exact) mass is 603 g/mol. The largest absolute Gasteiger partial charge is 0.393 e. The van der Waals surface area contributed by atoms with Gasteiger partial charge < -0.3 is 14.6 Å². The van der Waals surface area contributed by atoms with E-state index in [1.165, 1.54) is 83.0 Å². The minimum Gasteiger partial charge on any atom is -0.393 e. The molecule has 44 heavy (non-hydrogen) atoms. The van der Waals surface area contributed by atoms with E-state index in [1.807, 2.05) is 0 Å². The molecule has 1 aromatic heterocycles. The molecule has 3 heterocycles. The Morgan fingerprint density at radius 3 is 2.27 bits per heavy atom. The lowest BCUT2D eigenvalue weighted by molar-refractivity contribution is -0.192. The van der Waals surface area contributed by atoms with Gasteiger partial charge in [0.25, 0.3) is 0 Å². The molecule has 2 aliphatic heterocycles. The second-order valence-electron chi connectivity index (χ2n) is 17.6. The molecule has 2 saturated heterocycles. The first-order valence-electron chi connectivity index (χ1n) is 19.1. The lowest BCUT2D eigenvalue weighted by Gasteiger charge is -2.67. The van der Waals surface area contributed by atoms with Crippen molar-refractivity contribution in [1.82, 2.24) is 14.4 Å². The number of likely N-dealkylation sites (tertiary alicyclic amines) is 2. The molecule has 244 valence electrons. The molecule has 7 fully saturated rings. The minimum atomic E-state index is -0.0980. The molecular formula is C39H61N3O2. The lowest BCUT2D eigenvalue weighted by atomic mass is 9.38. The van der Waals surface area contributed by atoms with Gasteiger partial charge >= 0.3 is 0 Å². The summed E-state index contributed by atoms with van der Waals surface area (Å²) >= 11 is 0. The number of fused-ring (bicyclic) bond motifs is 7. The highest BCUT2D eigenvalue weighted by atomic mass is 16.3. The molecule has 5 nitrogen and oxygen atoms in total. The summed E-state index contributed by atoms with van der Waals surface area (Å²) in [6.07, 6.45) is 20.8. The van der Waals surface area contributed by atoms with Crippen LogP contribution in [0.5, 0.6) is 0 Å². The smallest absolute Gasteiger partial charge is 0.229 e. The minimum absolute atomic E-state index is 0.0973. The van der Waals surface area contributed by atoms with Crippen LogP contribution in [0, 0.1) is 51.8 Å². The van der Waals surface area contributed by atoms with Crippen LogP contribution in [-0.4, -0.2) is 57.2 Å². The van der Waals surface area contributed by atoms with Crippen molar-refractivity contribution in [2.75, 3.05) is 19.6 Å². The highest BCUT2D eigenvalue weighted by Crippen LogP contribution is 2.72. The normalized spacial score (nSPS) is 47.2. The summed E-state index contributed by atoms with van der Waals surface area (Å²) < 4.78 is 2.49. The maximum absolute atomic E-state index is 15.0. The van der Waals surface area contributed by atoms with Crippen molar-refractivity contribution in [3.8, 4) is 0 Å². The van der Waals surface area contributed by atoms with Crippen molar-refractivity contribution in [3.63, 3.8) is 0 Å². The number of hydrogen-bond acceptors (Lipinski definition) is 3. The number of aliphatic hydroxyl groups excluding tert-OH is 1. The Morgan fingerprint density at radius 1 is 0.795 bits per heavy atom.